The minimum atomic E-state index is -0.585. The molecule has 0 unspecified atom stereocenters. The van der Waals surface area contributed by atoms with Gasteiger partial charge < -0.3 is 9.52 Å². The minimum absolute atomic E-state index is 0.0294. The third-order valence-corrected chi connectivity index (χ3v) is 3.49. The van der Waals surface area contributed by atoms with Gasteiger partial charge in [0.2, 0.25) is 11.2 Å². The zero-order chi connectivity index (χ0) is 15.1. The molecule has 0 fully saturated rings. The van der Waals surface area contributed by atoms with Gasteiger partial charge in [0.05, 0.1) is 10.4 Å². The molecule has 21 heavy (non-hydrogen) atoms. The maximum absolute atomic E-state index is 13.2. The number of fused-ring (bicyclic) bond motifs is 1. The van der Waals surface area contributed by atoms with Crippen LogP contribution in [0.2, 0.25) is 5.02 Å². The third kappa shape index (κ3) is 2.28. The van der Waals surface area contributed by atoms with Gasteiger partial charge in [-0.2, -0.15) is 0 Å². The normalized spacial score (nSPS) is 11.0. The van der Waals surface area contributed by atoms with Crippen LogP contribution in [0.25, 0.3) is 22.3 Å². The largest absolute Gasteiger partial charge is 0.502 e. The first kappa shape index (κ1) is 13.6. The number of benzene rings is 2. The van der Waals surface area contributed by atoms with Crippen LogP contribution < -0.4 is 5.43 Å². The Bertz CT molecular complexity index is 915. The predicted octanol–water partition coefficient (Wildman–Crippen LogP) is 4.27. The minimum Gasteiger partial charge on any atom is -0.502 e. The van der Waals surface area contributed by atoms with Gasteiger partial charge in [-0.05, 0) is 37.3 Å². The van der Waals surface area contributed by atoms with Crippen molar-refractivity contribution in [2.45, 2.75) is 6.92 Å². The fourth-order valence-corrected chi connectivity index (χ4v) is 2.31. The van der Waals surface area contributed by atoms with Gasteiger partial charge in [0.15, 0.2) is 5.76 Å². The highest BCUT2D eigenvalue weighted by molar-refractivity contribution is 6.31. The molecule has 0 atom stereocenters. The SMILES string of the molecule is Cc1ccc2oc(-c3ccc(F)c(Cl)c3)c(O)c(=O)c2c1. The summed E-state index contributed by atoms with van der Waals surface area (Å²) in [6.07, 6.45) is 0. The predicted molar refractivity (Wildman–Crippen MR) is 79.3 cm³/mol. The van der Waals surface area contributed by atoms with Crippen LogP contribution in [0.15, 0.2) is 45.6 Å². The molecule has 0 bridgehead atoms. The molecular formula is C16H10ClFO3. The second kappa shape index (κ2) is 4.90. The first-order valence-electron chi connectivity index (χ1n) is 6.19. The summed E-state index contributed by atoms with van der Waals surface area (Å²) in [5.74, 6) is -1.13. The summed E-state index contributed by atoms with van der Waals surface area (Å²) in [7, 11) is 0. The van der Waals surface area contributed by atoms with Gasteiger partial charge in [-0.15, -0.1) is 0 Å². The molecule has 1 N–H and O–H groups in total. The molecule has 3 rings (SSSR count). The molecule has 0 aliphatic heterocycles. The van der Waals surface area contributed by atoms with Gasteiger partial charge in [-0.3, -0.25) is 4.79 Å². The first-order valence-corrected chi connectivity index (χ1v) is 6.57. The Morgan fingerprint density at radius 1 is 1.19 bits per heavy atom. The molecule has 2 aromatic carbocycles. The summed E-state index contributed by atoms with van der Waals surface area (Å²) in [4.78, 5) is 12.2. The van der Waals surface area contributed by atoms with Crippen LogP contribution in [0.4, 0.5) is 4.39 Å². The van der Waals surface area contributed by atoms with Crippen molar-refractivity contribution >= 4 is 22.6 Å². The van der Waals surface area contributed by atoms with E-state index in [4.69, 9.17) is 16.0 Å². The number of hydrogen-bond donors (Lipinski definition) is 1. The Labute approximate surface area is 124 Å². The van der Waals surface area contributed by atoms with Crippen molar-refractivity contribution in [2.24, 2.45) is 0 Å². The third-order valence-electron chi connectivity index (χ3n) is 3.20. The number of aromatic hydroxyl groups is 1. The lowest BCUT2D eigenvalue weighted by Crippen LogP contribution is -2.02. The van der Waals surface area contributed by atoms with Gasteiger partial charge >= 0.3 is 0 Å². The van der Waals surface area contributed by atoms with Gasteiger partial charge in [0.25, 0.3) is 0 Å². The number of halogens is 2. The highest BCUT2D eigenvalue weighted by Crippen LogP contribution is 2.32. The molecule has 0 spiro atoms. The van der Waals surface area contributed by atoms with E-state index in [0.29, 0.717) is 16.5 Å². The summed E-state index contributed by atoms with van der Waals surface area (Å²) in [5.41, 5.74) is 1.03. The Hall–Kier alpha value is -2.33. The van der Waals surface area contributed by atoms with Gasteiger partial charge in [-0.1, -0.05) is 23.2 Å². The second-order valence-electron chi connectivity index (χ2n) is 4.74. The Morgan fingerprint density at radius 3 is 2.67 bits per heavy atom. The number of hydrogen-bond acceptors (Lipinski definition) is 3. The summed E-state index contributed by atoms with van der Waals surface area (Å²) in [6, 6.07) is 8.93. The van der Waals surface area contributed by atoms with Gasteiger partial charge in [0, 0.05) is 5.56 Å². The van der Waals surface area contributed by atoms with Gasteiger partial charge in [-0.25, -0.2) is 4.39 Å². The molecule has 0 saturated carbocycles. The summed E-state index contributed by atoms with van der Waals surface area (Å²) >= 11 is 5.72. The van der Waals surface area contributed by atoms with Crippen LogP contribution in [0.5, 0.6) is 5.75 Å². The van der Waals surface area contributed by atoms with Crippen LogP contribution in [-0.2, 0) is 0 Å². The van der Waals surface area contributed by atoms with E-state index in [1.165, 1.54) is 12.1 Å². The second-order valence-corrected chi connectivity index (χ2v) is 5.14. The van der Waals surface area contributed by atoms with E-state index in [2.05, 4.69) is 0 Å². The molecule has 3 aromatic rings. The molecule has 0 aliphatic rings. The molecule has 1 aromatic heterocycles. The van der Waals surface area contributed by atoms with Crippen molar-refractivity contribution in [3.63, 3.8) is 0 Å². The molecule has 1 heterocycles. The Kier molecular flexibility index (Phi) is 3.18. The average Bonchev–Trinajstić information content (AvgIpc) is 2.46. The lowest BCUT2D eigenvalue weighted by molar-refractivity contribution is 0.449. The fourth-order valence-electron chi connectivity index (χ4n) is 2.13. The standard InChI is InChI=1S/C16H10ClFO3/c1-8-2-5-13-10(6-8)14(19)15(20)16(21-13)9-3-4-12(18)11(17)7-9/h2-7,20H,1H3. The van der Waals surface area contributed by atoms with E-state index in [-0.39, 0.29) is 10.8 Å². The molecule has 0 saturated heterocycles. The van der Waals surface area contributed by atoms with E-state index in [9.17, 15) is 14.3 Å². The van der Waals surface area contributed by atoms with Crippen molar-refractivity contribution in [3.05, 3.63) is 63.0 Å². The monoisotopic (exact) mass is 304 g/mol. The first-order chi connectivity index (χ1) is 9.97. The Morgan fingerprint density at radius 2 is 1.95 bits per heavy atom. The maximum atomic E-state index is 13.2. The lowest BCUT2D eigenvalue weighted by Gasteiger charge is -2.07. The highest BCUT2D eigenvalue weighted by Gasteiger charge is 2.16. The summed E-state index contributed by atoms with van der Waals surface area (Å²) in [6.45, 7) is 1.84. The molecule has 5 heteroatoms. The van der Waals surface area contributed by atoms with Crippen molar-refractivity contribution in [1.82, 2.24) is 0 Å². The molecule has 3 nitrogen and oxygen atoms in total. The van der Waals surface area contributed by atoms with Crippen LogP contribution in [0, 0.1) is 12.7 Å². The quantitative estimate of drug-likeness (QED) is 0.730. The molecular weight excluding hydrogens is 295 g/mol. The van der Waals surface area contributed by atoms with Gasteiger partial charge in [0.1, 0.15) is 11.4 Å². The number of rotatable bonds is 1. The molecule has 0 aliphatic carbocycles. The maximum Gasteiger partial charge on any atom is 0.235 e. The lowest BCUT2D eigenvalue weighted by atomic mass is 10.1. The average molecular weight is 305 g/mol. The van der Waals surface area contributed by atoms with Crippen molar-refractivity contribution < 1.29 is 13.9 Å². The van der Waals surface area contributed by atoms with E-state index in [0.717, 1.165) is 11.6 Å². The summed E-state index contributed by atoms with van der Waals surface area (Å²) in [5, 5.41) is 10.2. The number of aryl methyl sites for hydroxylation is 1. The molecule has 106 valence electrons. The Balaban J connectivity index is 2.33. The molecule has 0 amide bonds. The summed E-state index contributed by atoms with van der Waals surface area (Å²) < 4.78 is 18.8. The smallest absolute Gasteiger partial charge is 0.235 e. The van der Waals surface area contributed by atoms with E-state index in [1.807, 2.05) is 6.92 Å². The van der Waals surface area contributed by atoms with Crippen molar-refractivity contribution in [3.8, 4) is 17.1 Å². The van der Waals surface area contributed by atoms with Crippen LogP contribution in [0.1, 0.15) is 5.56 Å². The topological polar surface area (TPSA) is 50.4 Å². The van der Waals surface area contributed by atoms with Crippen molar-refractivity contribution in [1.29, 1.82) is 0 Å². The zero-order valence-electron chi connectivity index (χ0n) is 11.0. The molecule has 0 radical (unpaired) electrons. The van der Waals surface area contributed by atoms with Crippen LogP contribution in [-0.4, -0.2) is 5.11 Å². The highest BCUT2D eigenvalue weighted by atomic mass is 35.5. The van der Waals surface area contributed by atoms with E-state index >= 15 is 0 Å². The van der Waals surface area contributed by atoms with Crippen molar-refractivity contribution in [2.75, 3.05) is 0 Å². The van der Waals surface area contributed by atoms with Crippen LogP contribution in [0.3, 0.4) is 0 Å². The fraction of sp³-hybridized carbons (Fsp3) is 0.0625. The van der Waals surface area contributed by atoms with E-state index in [1.54, 1.807) is 18.2 Å². The zero-order valence-corrected chi connectivity index (χ0v) is 11.7. The van der Waals surface area contributed by atoms with Crippen LogP contribution >= 0.6 is 11.6 Å². The van der Waals surface area contributed by atoms with E-state index < -0.39 is 17.0 Å².